The van der Waals surface area contributed by atoms with Crippen molar-refractivity contribution < 1.29 is 9.53 Å². The van der Waals surface area contributed by atoms with Gasteiger partial charge in [0.25, 0.3) is 5.91 Å². The Bertz CT molecular complexity index is 685. The van der Waals surface area contributed by atoms with Crippen molar-refractivity contribution in [3.8, 4) is 6.07 Å². The molecule has 3 rings (SSSR count). The number of carbonyl (C=O) groups is 1. The summed E-state index contributed by atoms with van der Waals surface area (Å²) in [6, 6.07) is 15.6. The maximum absolute atomic E-state index is 12.6. The first-order chi connectivity index (χ1) is 9.79. The van der Waals surface area contributed by atoms with Crippen LogP contribution in [-0.4, -0.2) is 36.6 Å². The molecule has 1 unspecified atom stereocenters. The fourth-order valence-electron chi connectivity index (χ4n) is 2.49. The average molecular weight is 266 g/mol. The molecular weight excluding hydrogens is 252 g/mol. The largest absolute Gasteiger partial charge is 0.360 e. The third-order valence-corrected chi connectivity index (χ3v) is 3.52. The predicted octanol–water partition coefficient (Wildman–Crippen LogP) is 2.20. The Balaban J connectivity index is 1.95. The van der Waals surface area contributed by atoms with Gasteiger partial charge >= 0.3 is 0 Å². The number of morpholine rings is 1. The van der Waals surface area contributed by atoms with E-state index in [4.69, 9.17) is 10.00 Å². The normalized spacial score (nSPS) is 18.8. The first-order valence-electron chi connectivity index (χ1n) is 6.58. The van der Waals surface area contributed by atoms with Crippen LogP contribution in [0.4, 0.5) is 0 Å². The minimum Gasteiger partial charge on any atom is -0.360 e. The Kier molecular flexibility index (Phi) is 3.36. The van der Waals surface area contributed by atoms with Crippen molar-refractivity contribution in [3.63, 3.8) is 0 Å². The van der Waals surface area contributed by atoms with E-state index in [0.29, 0.717) is 25.3 Å². The van der Waals surface area contributed by atoms with Crippen molar-refractivity contribution >= 4 is 16.7 Å². The van der Waals surface area contributed by atoms with E-state index in [2.05, 4.69) is 6.07 Å². The second kappa shape index (κ2) is 5.32. The molecule has 0 aromatic heterocycles. The minimum atomic E-state index is -0.525. The number of hydrogen-bond donors (Lipinski definition) is 0. The van der Waals surface area contributed by atoms with Crippen molar-refractivity contribution in [1.82, 2.24) is 4.90 Å². The molecule has 1 heterocycles. The smallest absolute Gasteiger partial charge is 0.254 e. The van der Waals surface area contributed by atoms with Crippen molar-refractivity contribution in [2.75, 3.05) is 19.7 Å². The van der Waals surface area contributed by atoms with Crippen molar-refractivity contribution in [2.45, 2.75) is 6.10 Å². The molecular formula is C16H14N2O2. The summed E-state index contributed by atoms with van der Waals surface area (Å²) in [7, 11) is 0. The van der Waals surface area contributed by atoms with Gasteiger partial charge in [0.15, 0.2) is 6.10 Å². The van der Waals surface area contributed by atoms with E-state index in [1.807, 2.05) is 42.5 Å². The molecule has 1 saturated heterocycles. The molecule has 1 amide bonds. The quantitative estimate of drug-likeness (QED) is 0.795. The molecule has 0 saturated carbocycles. The van der Waals surface area contributed by atoms with E-state index in [1.54, 1.807) is 4.90 Å². The van der Waals surface area contributed by atoms with Crippen LogP contribution < -0.4 is 0 Å². The van der Waals surface area contributed by atoms with Crippen LogP contribution in [0.15, 0.2) is 42.5 Å². The van der Waals surface area contributed by atoms with Gasteiger partial charge < -0.3 is 9.64 Å². The van der Waals surface area contributed by atoms with Gasteiger partial charge in [0.1, 0.15) is 0 Å². The number of nitriles is 1. The maximum atomic E-state index is 12.6. The number of amides is 1. The van der Waals surface area contributed by atoms with Gasteiger partial charge in [-0.1, -0.05) is 36.4 Å². The van der Waals surface area contributed by atoms with Crippen LogP contribution >= 0.6 is 0 Å². The van der Waals surface area contributed by atoms with Gasteiger partial charge in [-0.05, 0) is 16.8 Å². The molecule has 4 heteroatoms. The molecule has 0 aliphatic carbocycles. The first-order valence-corrected chi connectivity index (χ1v) is 6.58. The lowest BCUT2D eigenvalue weighted by Gasteiger charge is -2.30. The summed E-state index contributed by atoms with van der Waals surface area (Å²) in [5.41, 5.74) is 0.682. The van der Waals surface area contributed by atoms with E-state index in [1.165, 1.54) is 0 Å². The van der Waals surface area contributed by atoms with Crippen LogP contribution in [0.2, 0.25) is 0 Å². The second-order valence-electron chi connectivity index (χ2n) is 4.77. The predicted molar refractivity (Wildman–Crippen MR) is 75.2 cm³/mol. The van der Waals surface area contributed by atoms with Gasteiger partial charge in [-0.3, -0.25) is 4.79 Å². The topological polar surface area (TPSA) is 53.3 Å². The minimum absolute atomic E-state index is 0.0367. The van der Waals surface area contributed by atoms with E-state index in [-0.39, 0.29) is 5.91 Å². The highest BCUT2D eigenvalue weighted by atomic mass is 16.5. The Labute approximate surface area is 117 Å². The van der Waals surface area contributed by atoms with Gasteiger partial charge in [-0.2, -0.15) is 5.26 Å². The Hall–Kier alpha value is -2.38. The molecule has 1 aliphatic heterocycles. The number of nitrogens with zero attached hydrogens (tertiary/aromatic N) is 2. The molecule has 0 N–H and O–H groups in total. The van der Waals surface area contributed by atoms with E-state index < -0.39 is 6.10 Å². The fourth-order valence-corrected chi connectivity index (χ4v) is 2.49. The summed E-state index contributed by atoms with van der Waals surface area (Å²) in [5.74, 6) is -0.0367. The number of carbonyl (C=O) groups excluding carboxylic acids is 1. The van der Waals surface area contributed by atoms with Crippen LogP contribution in [0, 0.1) is 11.3 Å². The van der Waals surface area contributed by atoms with E-state index in [9.17, 15) is 4.79 Å². The van der Waals surface area contributed by atoms with Gasteiger partial charge in [0, 0.05) is 12.1 Å². The van der Waals surface area contributed by atoms with Crippen LogP contribution in [0.25, 0.3) is 10.8 Å². The van der Waals surface area contributed by atoms with Gasteiger partial charge in [0.05, 0.1) is 19.2 Å². The average Bonchev–Trinajstić information content (AvgIpc) is 2.53. The summed E-state index contributed by atoms with van der Waals surface area (Å²) in [5, 5.41) is 10.9. The second-order valence-corrected chi connectivity index (χ2v) is 4.77. The molecule has 0 radical (unpaired) electrons. The fraction of sp³-hybridized carbons (Fsp3) is 0.250. The molecule has 0 spiro atoms. The van der Waals surface area contributed by atoms with Gasteiger partial charge in [-0.15, -0.1) is 0 Å². The van der Waals surface area contributed by atoms with E-state index in [0.717, 1.165) is 10.8 Å². The highest BCUT2D eigenvalue weighted by Gasteiger charge is 2.25. The number of fused-ring (bicyclic) bond motifs is 1. The molecule has 0 bridgehead atoms. The number of hydrogen-bond acceptors (Lipinski definition) is 3. The summed E-state index contributed by atoms with van der Waals surface area (Å²) in [6.07, 6.45) is -0.525. The monoisotopic (exact) mass is 266 g/mol. The van der Waals surface area contributed by atoms with Crippen LogP contribution in [-0.2, 0) is 4.74 Å². The lowest BCUT2D eigenvalue weighted by atomic mass is 10.0. The molecule has 1 fully saturated rings. The lowest BCUT2D eigenvalue weighted by Crippen LogP contribution is -2.45. The summed E-state index contributed by atoms with van der Waals surface area (Å²) < 4.78 is 5.28. The third kappa shape index (κ3) is 2.24. The zero-order valence-electron chi connectivity index (χ0n) is 11.0. The zero-order chi connectivity index (χ0) is 13.9. The number of rotatable bonds is 1. The highest BCUT2D eigenvalue weighted by Crippen LogP contribution is 2.21. The Morgan fingerprint density at radius 3 is 2.90 bits per heavy atom. The summed E-state index contributed by atoms with van der Waals surface area (Å²) in [6.45, 7) is 1.27. The summed E-state index contributed by atoms with van der Waals surface area (Å²) in [4.78, 5) is 14.3. The first kappa shape index (κ1) is 12.6. The standard InChI is InChI=1S/C16H14N2O2/c17-10-13-11-18(8-9-20-13)16(19)15-7-3-5-12-4-1-2-6-14(12)15/h1-7,13H,8-9,11H2. The van der Waals surface area contributed by atoms with Crippen LogP contribution in [0.3, 0.4) is 0 Å². The summed E-state index contributed by atoms with van der Waals surface area (Å²) >= 11 is 0. The van der Waals surface area contributed by atoms with Crippen molar-refractivity contribution in [1.29, 1.82) is 5.26 Å². The van der Waals surface area contributed by atoms with Crippen LogP contribution in [0.1, 0.15) is 10.4 Å². The molecule has 1 aliphatic rings. The van der Waals surface area contributed by atoms with Crippen molar-refractivity contribution in [3.05, 3.63) is 48.0 Å². The molecule has 2 aromatic rings. The SMILES string of the molecule is N#CC1CN(C(=O)c2cccc3ccccc23)CCO1. The molecule has 20 heavy (non-hydrogen) atoms. The zero-order valence-corrected chi connectivity index (χ0v) is 11.0. The van der Waals surface area contributed by atoms with Crippen LogP contribution in [0.5, 0.6) is 0 Å². The Morgan fingerprint density at radius 2 is 2.05 bits per heavy atom. The van der Waals surface area contributed by atoms with Gasteiger partial charge in [0.2, 0.25) is 0 Å². The van der Waals surface area contributed by atoms with Gasteiger partial charge in [-0.25, -0.2) is 0 Å². The van der Waals surface area contributed by atoms with E-state index >= 15 is 0 Å². The molecule has 4 nitrogen and oxygen atoms in total. The third-order valence-electron chi connectivity index (χ3n) is 3.52. The molecule has 2 aromatic carbocycles. The number of benzene rings is 2. The maximum Gasteiger partial charge on any atom is 0.254 e. The molecule has 1 atom stereocenters. The van der Waals surface area contributed by atoms with Crippen molar-refractivity contribution in [2.24, 2.45) is 0 Å². The lowest BCUT2D eigenvalue weighted by molar-refractivity contribution is 0.00356. The Morgan fingerprint density at radius 1 is 1.25 bits per heavy atom. The molecule has 100 valence electrons. The number of ether oxygens (including phenoxy) is 1. The highest BCUT2D eigenvalue weighted by molar-refractivity contribution is 6.07.